The number of carbonyl (C=O) groups is 1. The Labute approximate surface area is 157 Å². The van der Waals surface area contributed by atoms with Crippen LogP contribution in [-0.2, 0) is 19.6 Å². The zero-order chi connectivity index (χ0) is 17.9. The highest BCUT2D eigenvalue weighted by Gasteiger charge is 2.32. The minimum absolute atomic E-state index is 0.0104. The fourth-order valence-corrected chi connectivity index (χ4v) is 5.01. The van der Waals surface area contributed by atoms with E-state index in [9.17, 15) is 13.2 Å². The minimum atomic E-state index is -3.49. The lowest BCUT2D eigenvalue weighted by molar-refractivity contribution is -0.126. The molecule has 1 aromatic carbocycles. The molecule has 0 saturated carbocycles. The molecule has 0 aliphatic carbocycles. The number of rotatable bonds is 5. The highest BCUT2D eigenvalue weighted by atomic mass is 79.9. The molecule has 2 aliphatic rings. The number of nitrogens with one attached hydrogen (secondary N) is 1. The van der Waals surface area contributed by atoms with Gasteiger partial charge < -0.3 is 10.1 Å². The topological polar surface area (TPSA) is 75.7 Å². The molecule has 6 nitrogen and oxygen atoms in total. The molecule has 2 heterocycles. The fraction of sp³-hybridized carbons (Fsp3) is 0.588. The zero-order valence-electron chi connectivity index (χ0n) is 14.0. The van der Waals surface area contributed by atoms with E-state index in [0.717, 1.165) is 23.9 Å². The number of benzene rings is 1. The second kappa shape index (κ2) is 8.16. The summed E-state index contributed by atoms with van der Waals surface area (Å²) in [5, 5.41) is 2.95. The van der Waals surface area contributed by atoms with Gasteiger partial charge in [-0.2, -0.15) is 4.31 Å². The number of sulfonamides is 1. The predicted molar refractivity (Wildman–Crippen MR) is 97.6 cm³/mol. The number of hydrogen-bond acceptors (Lipinski definition) is 4. The first-order valence-corrected chi connectivity index (χ1v) is 10.8. The van der Waals surface area contributed by atoms with Gasteiger partial charge in [0.15, 0.2) is 0 Å². The van der Waals surface area contributed by atoms with Crippen molar-refractivity contribution in [3.63, 3.8) is 0 Å². The summed E-state index contributed by atoms with van der Waals surface area (Å²) in [6.45, 7) is 2.07. The summed E-state index contributed by atoms with van der Waals surface area (Å²) < 4.78 is 33.2. The van der Waals surface area contributed by atoms with Crippen LogP contribution in [0.3, 0.4) is 0 Å². The van der Waals surface area contributed by atoms with Crippen molar-refractivity contribution >= 4 is 31.9 Å². The minimum Gasteiger partial charge on any atom is -0.376 e. The summed E-state index contributed by atoms with van der Waals surface area (Å²) in [4.78, 5) is 12.6. The molecule has 0 spiro atoms. The first-order valence-electron chi connectivity index (χ1n) is 8.62. The van der Waals surface area contributed by atoms with Crippen molar-refractivity contribution in [3.05, 3.63) is 28.7 Å². The standard InChI is InChI=1S/C17H23BrN2O4S/c18-14-3-5-16(6-4-14)25(22,23)20-9-7-13(8-10-20)17(21)19-12-15-2-1-11-24-15/h3-6,13,15H,1-2,7-12H2,(H,19,21)/t15-/m1/s1. The van der Waals surface area contributed by atoms with Gasteiger partial charge in [0.1, 0.15) is 0 Å². The molecule has 0 radical (unpaired) electrons. The van der Waals surface area contributed by atoms with Gasteiger partial charge in [0.2, 0.25) is 15.9 Å². The number of halogens is 1. The number of amides is 1. The third-order valence-corrected chi connectivity index (χ3v) is 7.25. The van der Waals surface area contributed by atoms with Crippen LogP contribution in [-0.4, -0.2) is 51.0 Å². The zero-order valence-corrected chi connectivity index (χ0v) is 16.4. The lowest BCUT2D eigenvalue weighted by atomic mass is 9.97. The molecule has 0 aromatic heterocycles. The molecule has 25 heavy (non-hydrogen) atoms. The molecule has 1 atom stereocenters. The van der Waals surface area contributed by atoms with E-state index in [2.05, 4.69) is 21.2 Å². The van der Waals surface area contributed by atoms with E-state index >= 15 is 0 Å². The summed E-state index contributed by atoms with van der Waals surface area (Å²) >= 11 is 3.31. The first kappa shape index (κ1) is 18.8. The van der Waals surface area contributed by atoms with Crippen LogP contribution in [0.1, 0.15) is 25.7 Å². The SMILES string of the molecule is O=C(NC[C@H]1CCCO1)C1CCN(S(=O)(=O)c2ccc(Br)cc2)CC1. The second-order valence-electron chi connectivity index (χ2n) is 6.51. The maximum Gasteiger partial charge on any atom is 0.243 e. The summed E-state index contributed by atoms with van der Waals surface area (Å²) in [5.41, 5.74) is 0. The smallest absolute Gasteiger partial charge is 0.243 e. The molecule has 138 valence electrons. The summed E-state index contributed by atoms with van der Waals surface area (Å²) in [7, 11) is -3.49. The van der Waals surface area contributed by atoms with E-state index in [1.54, 1.807) is 24.3 Å². The van der Waals surface area contributed by atoms with E-state index in [0.29, 0.717) is 32.5 Å². The Morgan fingerprint density at radius 1 is 1.20 bits per heavy atom. The van der Waals surface area contributed by atoms with E-state index in [-0.39, 0.29) is 22.8 Å². The average Bonchev–Trinajstić information content (AvgIpc) is 3.14. The molecular weight excluding hydrogens is 408 g/mol. The molecule has 2 saturated heterocycles. The fourth-order valence-electron chi connectivity index (χ4n) is 3.28. The molecule has 1 aromatic rings. The summed E-state index contributed by atoms with van der Waals surface area (Å²) in [6.07, 6.45) is 3.26. The van der Waals surface area contributed by atoms with Crippen LogP contribution in [0.25, 0.3) is 0 Å². The third kappa shape index (κ3) is 4.61. The van der Waals surface area contributed by atoms with Crippen LogP contribution >= 0.6 is 15.9 Å². The number of hydrogen-bond donors (Lipinski definition) is 1. The van der Waals surface area contributed by atoms with Gasteiger partial charge in [-0.05, 0) is 49.9 Å². The summed E-state index contributed by atoms with van der Waals surface area (Å²) in [6, 6.07) is 6.63. The van der Waals surface area contributed by atoms with E-state index < -0.39 is 10.0 Å². The van der Waals surface area contributed by atoms with Gasteiger partial charge in [0.25, 0.3) is 0 Å². The predicted octanol–water partition coefficient (Wildman–Crippen LogP) is 2.15. The van der Waals surface area contributed by atoms with Gasteiger partial charge >= 0.3 is 0 Å². The molecule has 2 aliphatic heterocycles. The Bertz CT molecular complexity index is 694. The van der Waals surface area contributed by atoms with Crippen LogP contribution in [0.15, 0.2) is 33.6 Å². The molecule has 0 unspecified atom stereocenters. The molecular formula is C17H23BrN2O4S. The lowest BCUT2D eigenvalue weighted by Gasteiger charge is -2.30. The van der Waals surface area contributed by atoms with Crippen molar-refractivity contribution in [2.45, 2.75) is 36.7 Å². The van der Waals surface area contributed by atoms with Crippen molar-refractivity contribution in [1.29, 1.82) is 0 Å². The van der Waals surface area contributed by atoms with E-state index in [1.165, 1.54) is 4.31 Å². The molecule has 2 fully saturated rings. The maximum atomic E-state index is 12.7. The van der Waals surface area contributed by atoms with Gasteiger partial charge in [-0.1, -0.05) is 15.9 Å². The van der Waals surface area contributed by atoms with Gasteiger partial charge in [-0.3, -0.25) is 4.79 Å². The number of carbonyl (C=O) groups excluding carboxylic acids is 1. The van der Waals surface area contributed by atoms with Gasteiger partial charge in [-0.15, -0.1) is 0 Å². The molecule has 8 heteroatoms. The maximum absolute atomic E-state index is 12.7. The van der Waals surface area contributed by atoms with Crippen molar-refractivity contribution < 1.29 is 17.9 Å². The van der Waals surface area contributed by atoms with Crippen molar-refractivity contribution in [2.75, 3.05) is 26.2 Å². The van der Waals surface area contributed by atoms with Crippen molar-refractivity contribution in [3.8, 4) is 0 Å². The van der Waals surface area contributed by atoms with Crippen molar-refractivity contribution in [1.82, 2.24) is 9.62 Å². The van der Waals surface area contributed by atoms with Crippen LogP contribution in [0.4, 0.5) is 0 Å². The van der Waals surface area contributed by atoms with Gasteiger partial charge in [-0.25, -0.2) is 8.42 Å². The highest BCUT2D eigenvalue weighted by molar-refractivity contribution is 9.10. The summed E-state index contributed by atoms with van der Waals surface area (Å²) in [5.74, 6) is -0.117. The van der Waals surface area contributed by atoms with Crippen LogP contribution in [0.5, 0.6) is 0 Å². The largest absolute Gasteiger partial charge is 0.376 e. The van der Waals surface area contributed by atoms with E-state index in [4.69, 9.17) is 4.74 Å². The molecule has 1 N–H and O–H groups in total. The Morgan fingerprint density at radius 2 is 1.88 bits per heavy atom. The third-order valence-electron chi connectivity index (χ3n) is 4.80. The van der Waals surface area contributed by atoms with Gasteiger partial charge in [0.05, 0.1) is 11.0 Å². The Balaban J connectivity index is 1.52. The molecule has 0 bridgehead atoms. The number of piperidine rings is 1. The van der Waals surface area contributed by atoms with E-state index in [1.807, 2.05) is 0 Å². The monoisotopic (exact) mass is 430 g/mol. The number of ether oxygens (including phenoxy) is 1. The normalized spacial score (nSPS) is 22.8. The van der Waals surface area contributed by atoms with Gasteiger partial charge in [0, 0.05) is 36.6 Å². The Kier molecular flexibility index (Phi) is 6.14. The molecule has 3 rings (SSSR count). The quantitative estimate of drug-likeness (QED) is 0.776. The Hall–Kier alpha value is -0.960. The second-order valence-corrected chi connectivity index (χ2v) is 9.37. The van der Waals surface area contributed by atoms with Crippen LogP contribution in [0, 0.1) is 5.92 Å². The Morgan fingerprint density at radius 3 is 2.48 bits per heavy atom. The average molecular weight is 431 g/mol. The first-order chi connectivity index (χ1) is 12.0. The van der Waals surface area contributed by atoms with Crippen LogP contribution in [0.2, 0.25) is 0 Å². The lowest BCUT2D eigenvalue weighted by Crippen LogP contribution is -2.44. The van der Waals surface area contributed by atoms with Crippen LogP contribution < -0.4 is 5.32 Å². The van der Waals surface area contributed by atoms with Crippen molar-refractivity contribution in [2.24, 2.45) is 5.92 Å². The number of nitrogens with zero attached hydrogens (tertiary/aromatic N) is 1. The highest BCUT2D eigenvalue weighted by Crippen LogP contribution is 2.25. The molecule has 1 amide bonds.